The third kappa shape index (κ3) is 2.98. The summed E-state index contributed by atoms with van der Waals surface area (Å²) in [6, 6.07) is 0.0542. The van der Waals surface area contributed by atoms with E-state index in [0.29, 0.717) is 0 Å². The summed E-state index contributed by atoms with van der Waals surface area (Å²) in [5.74, 6) is -26.0. The monoisotopic (exact) mass is 429 g/mol. The first kappa shape index (κ1) is 20.6. The predicted molar refractivity (Wildman–Crippen MR) is 74.6 cm³/mol. The number of nitrogens with zero attached hydrogens (tertiary/aromatic N) is 1. The van der Waals surface area contributed by atoms with Crippen LogP contribution in [0.3, 0.4) is 0 Å². The van der Waals surface area contributed by atoms with Crippen molar-refractivity contribution in [2.24, 2.45) is 0 Å². The zero-order valence-corrected chi connectivity index (χ0v) is 13.3. The van der Waals surface area contributed by atoms with E-state index >= 15 is 0 Å². The molecule has 0 aliphatic rings. The van der Waals surface area contributed by atoms with Crippen LogP contribution in [-0.4, -0.2) is 4.98 Å². The lowest BCUT2D eigenvalue weighted by Gasteiger charge is -2.11. The number of hydrogen-bond donors (Lipinski definition) is 0. The lowest BCUT2D eigenvalue weighted by Crippen LogP contribution is -2.07. The normalized spacial score (nSPS) is 11.3. The number of pyridine rings is 1. The molecular formula is C17H2F11N. The van der Waals surface area contributed by atoms with Crippen molar-refractivity contribution in [2.45, 2.75) is 0 Å². The van der Waals surface area contributed by atoms with Gasteiger partial charge in [-0.25, -0.2) is 48.3 Å². The third-order valence-electron chi connectivity index (χ3n) is 3.79. The maximum atomic E-state index is 14.2. The molecule has 0 fully saturated rings. The zero-order valence-electron chi connectivity index (χ0n) is 13.3. The second-order valence-corrected chi connectivity index (χ2v) is 5.44. The summed E-state index contributed by atoms with van der Waals surface area (Å²) >= 11 is 0. The van der Waals surface area contributed by atoms with Gasteiger partial charge in [-0.15, -0.1) is 0 Å². The molecule has 0 unspecified atom stereocenters. The SMILES string of the molecule is Fc1cc(-c2c(F)c(F)c(F)c(F)c2F)cnc1-c1c(F)c(F)c(F)c(F)c1F. The van der Waals surface area contributed by atoms with Gasteiger partial charge in [-0.1, -0.05) is 0 Å². The van der Waals surface area contributed by atoms with E-state index in [-0.39, 0.29) is 12.3 Å². The smallest absolute Gasteiger partial charge is 0.200 e. The first-order chi connectivity index (χ1) is 13.5. The molecule has 0 saturated heterocycles. The Bertz CT molecular complexity index is 1120. The summed E-state index contributed by atoms with van der Waals surface area (Å²) in [5, 5.41) is 0. The lowest BCUT2D eigenvalue weighted by molar-refractivity contribution is 0.380. The average Bonchev–Trinajstić information content (AvgIpc) is 2.69. The van der Waals surface area contributed by atoms with Gasteiger partial charge in [-0.2, -0.15) is 0 Å². The minimum atomic E-state index is -2.53. The van der Waals surface area contributed by atoms with E-state index < -0.39 is 86.4 Å². The molecule has 0 atom stereocenters. The molecule has 0 aliphatic carbocycles. The van der Waals surface area contributed by atoms with Crippen LogP contribution in [0.25, 0.3) is 22.4 Å². The second kappa shape index (κ2) is 7.01. The quantitative estimate of drug-likeness (QED) is 0.279. The molecule has 0 saturated carbocycles. The Morgan fingerprint density at radius 2 is 0.793 bits per heavy atom. The molecule has 0 radical (unpaired) electrons. The number of halogens is 11. The van der Waals surface area contributed by atoms with E-state index in [1.54, 1.807) is 0 Å². The maximum absolute atomic E-state index is 14.2. The van der Waals surface area contributed by atoms with Gasteiger partial charge in [0.25, 0.3) is 0 Å². The summed E-state index contributed by atoms with van der Waals surface area (Å²) in [4.78, 5) is 3.04. The van der Waals surface area contributed by atoms with Crippen molar-refractivity contribution in [1.29, 1.82) is 0 Å². The topological polar surface area (TPSA) is 12.9 Å². The lowest BCUT2D eigenvalue weighted by atomic mass is 10.0. The first-order valence-electron chi connectivity index (χ1n) is 7.18. The Balaban J connectivity index is 2.26. The van der Waals surface area contributed by atoms with Crippen LogP contribution in [0.5, 0.6) is 0 Å². The highest BCUT2D eigenvalue weighted by molar-refractivity contribution is 5.69. The molecule has 12 heteroatoms. The molecule has 29 heavy (non-hydrogen) atoms. The summed E-state index contributed by atoms with van der Waals surface area (Å²) in [5.41, 5.74) is -5.91. The van der Waals surface area contributed by atoms with Crippen LogP contribution in [0, 0.1) is 64.0 Å². The summed E-state index contributed by atoms with van der Waals surface area (Å²) in [7, 11) is 0. The summed E-state index contributed by atoms with van der Waals surface area (Å²) in [6.45, 7) is 0. The van der Waals surface area contributed by atoms with E-state index in [4.69, 9.17) is 0 Å². The second-order valence-electron chi connectivity index (χ2n) is 5.44. The zero-order chi connectivity index (χ0) is 21.8. The van der Waals surface area contributed by atoms with Gasteiger partial charge in [0.05, 0.1) is 11.1 Å². The molecule has 3 aromatic rings. The maximum Gasteiger partial charge on any atom is 0.200 e. The van der Waals surface area contributed by atoms with E-state index in [9.17, 15) is 48.3 Å². The molecule has 0 amide bonds. The first-order valence-corrected chi connectivity index (χ1v) is 7.18. The van der Waals surface area contributed by atoms with Gasteiger partial charge in [0.2, 0.25) is 11.6 Å². The van der Waals surface area contributed by atoms with E-state index in [0.717, 1.165) is 0 Å². The molecule has 0 bridgehead atoms. The van der Waals surface area contributed by atoms with Crippen molar-refractivity contribution in [3.05, 3.63) is 76.3 Å². The highest BCUT2D eigenvalue weighted by Crippen LogP contribution is 2.35. The molecule has 1 aromatic heterocycles. The van der Waals surface area contributed by atoms with Crippen molar-refractivity contribution in [3.8, 4) is 22.4 Å². The van der Waals surface area contributed by atoms with Crippen LogP contribution >= 0.6 is 0 Å². The number of rotatable bonds is 2. The fraction of sp³-hybridized carbons (Fsp3) is 0. The van der Waals surface area contributed by atoms with Crippen LogP contribution < -0.4 is 0 Å². The highest BCUT2D eigenvalue weighted by Gasteiger charge is 2.31. The van der Waals surface area contributed by atoms with E-state index in [2.05, 4.69) is 4.98 Å². The van der Waals surface area contributed by atoms with Crippen LogP contribution in [0.2, 0.25) is 0 Å². The molecule has 1 heterocycles. The van der Waals surface area contributed by atoms with Gasteiger partial charge in [0.15, 0.2) is 46.5 Å². The molecular weight excluding hydrogens is 427 g/mol. The molecule has 2 aromatic carbocycles. The van der Waals surface area contributed by atoms with Gasteiger partial charge in [-0.05, 0) is 6.07 Å². The van der Waals surface area contributed by atoms with Crippen LogP contribution in [-0.2, 0) is 0 Å². The molecule has 152 valence electrons. The Morgan fingerprint density at radius 1 is 0.448 bits per heavy atom. The Hall–Kier alpha value is -3.18. The van der Waals surface area contributed by atoms with E-state index in [1.165, 1.54) is 0 Å². The van der Waals surface area contributed by atoms with Crippen molar-refractivity contribution < 1.29 is 48.3 Å². The summed E-state index contributed by atoms with van der Waals surface area (Å²) < 4.78 is 149. The van der Waals surface area contributed by atoms with Crippen molar-refractivity contribution >= 4 is 0 Å². The van der Waals surface area contributed by atoms with Crippen LogP contribution in [0.15, 0.2) is 12.3 Å². The highest BCUT2D eigenvalue weighted by atomic mass is 19.2. The number of benzene rings is 2. The van der Waals surface area contributed by atoms with E-state index in [1.807, 2.05) is 0 Å². The third-order valence-corrected chi connectivity index (χ3v) is 3.79. The van der Waals surface area contributed by atoms with Crippen molar-refractivity contribution in [1.82, 2.24) is 4.98 Å². The number of hydrogen-bond acceptors (Lipinski definition) is 1. The number of aromatic nitrogens is 1. The van der Waals surface area contributed by atoms with Crippen LogP contribution in [0.4, 0.5) is 48.3 Å². The molecule has 1 nitrogen and oxygen atoms in total. The average molecular weight is 429 g/mol. The van der Waals surface area contributed by atoms with Crippen LogP contribution in [0.1, 0.15) is 0 Å². The van der Waals surface area contributed by atoms with Gasteiger partial charge in [-0.3, -0.25) is 4.98 Å². The van der Waals surface area contributed by atoms with Crippen molar-refractivity contribution in [2.75, 3.05) is 0 Å². The molecule has 0 N–H and O–H groups in total. The minimum absolute atomic E-state index is 0.0542. The van der Waals surface area contributed by atoms with Gasteiger partial charge >= 0.3 is 0 Å². The van der Waals surface area contributed by atoms with Gasteiger partial charge < -0.3 is 0 Å². The van der Waals surface area contributed by atoms with Gasteiger partial charge in [0.1, 0.15) is 11.5 Å². The fourth-order valence-corrected chi connectivity index (χ4v) is 2.43. The predicted octanol–water partition coefficient (Wildman–Crippen LogP) is 5.95. The summed E-state index contributed by atoms with van der Waals surface area (Å²) in [6.07, 6.45) is 0.231. The Morgan fingerprint density at radius 3 is 1.17 bits per heavy atom. The van der Waals surface area contributed by atoms with Crippen molar-refractivity contribution in [3.63, 3.8) is 0 Å². The minimum Gasteiger partial charge on any atom is -0.252 e. The fourth-order valence-electron chi connectivity index (χ4n) is 2.43. The Labute approximate surface area is 153 Å². The van der Waals surface area contributed by atoms with Gasteiger partial charge in [0, 0.05) is 11.8 Å². The largest absolute Gasteiger partial charge is 0.252 e. The molecule has 0 spiro atoms. The standard InChI is InChI=1S/C17H2F11N/c18-4-1-3(5-7(19)11(23)15(27)12(24)8(5)20)2-29-17(4)6-9(21)13(25)16(28)14(26)10(6)22/h1-2H. The molecule has 3 rings (SSSR count). The molecule has 0 aliphatic heterocycles. The Kier molecular flexibility index (Phi) is 4.97.